The van der Waals surface area contributed by atoms with Crippen molar-refractivity contribution in [2.24, 2.45) is 5.41 Å². The summed E-state index contributed by atoms with van der Waals surface area (Å²) in [5.41, 5.74) is -0.135. The van der Waals surface area contributed by atoms with Gasteiger partial charge in [-0.15, -0.1) is 11.3 Å². The number of hydrogen-bond acceptors (Lipinski definition) is 4. The molecule has 0 aliphatic carbocycles. The first-order valence-electron chi connectivity index (χ1n) is 10.4. The topological polar surface area (TPSA) is 26.8 Å². The molecule has 0 radical (unpaired) electrons. The number of hydrogen-bond donors (Lipinski definition) is 0. The first kappa shape index (κ1) is 18.5. The van der Waals surface area contributed by atoms with E-state index in [4.69, 9.17) is 0 Å². The zero-order valence-corrected chi connectivity index (χ0v) is 17.4. The van der Waals surface area contributed by atoms with E-state index < -0.39 is 0 Å². The zero-order chi connectivity index (χ0) is 18.3. The van der Waals surface area contributed by atoms with E-state index in [1.807, 2.05) is 11.3 Å². The third kappa shape index (κ3) is 3.02. The number of piperazine rings is 1. The Kier molecular flexibility index (Phi) is 5.15. The van der Waals surface area contributed by atoms with Crippen LogP contribution in [-0.4, -0.2) is 65.9 Å². The summed E-state index contributed by atoms with van der Waals surface area (Å²) in [6.45, 7) is 9.34. The molecule has 0 unspecified atom stereocenters. The Morgan fingerprint density at radius 2 is 1.88 bits per heavy atom. The van der Waals surface area contributed by atoms with Crippen LogP contribution in [0.4, 0.5) is 0 Å². The van der Waals surface area contributed by atoms with Crippen LogP contribution in [0, 0.1) is 5.41 Å². The number of nitrogens with zero attached hydrogens (tertiary/aromatic N) is 3. The van der Waals surface area contributed by atoms with Crippen LogP contribution < -0.4 is 0 Å². The lowest BCUT2D eigenvalue weighted by molar-refractivity contribution is -0.146. The highest BCUT2D eigenvalue weighted by atomic mass is 32.1. The maximum atomic E-state index is 13.6. The lowest BCUT2D eigenvalue weighted by Gasteiger charge is -2.42. The molecule has 3 fully saturated rings. The van der Waals surface area contributed by atoms with Crippen molar-refractivity contribution in [1.29, 1.82) is 0 Å². The fraction of sp³-hybridized carbons (Fsp3) is 0.762. The molecule has 4 nitrogen and oxygen atoms in total. The van der Waals surface area contributed by atoms with Gasteiger partial charge in [0, 0.05) is 54.6 Å². The molecule has 2 bridgehead atoms. The normalized spacial score (nSPS) is 32.5. The maximum absolute atomic E-state index is 13.6. The van der Waals surface area contributed by atoms with Gasteiger partial charge in [-0.1, -0.05) is 13.8 Å². The van der Waals surface area contributed by atoms with Crippen LogP contribution in [0.25, 0.3) is 0 Å². The first-order valence-corrected chi connectivity index (χ1v) is 11.2. The molecule has 5 heteroatoms. The highest BCUT2D eigenvalue weighted by Crippen LogP contribution is 2.53. The second-order valence-electron chi connectivity index (χ2n) is 8.45. The molecule has 3 aliphatic rings. The Balaban J connectivity index is 1.51. The summed E-state index contributed by atoms with van der Waals surface area (Å²) in [6, 6.07) is 5.62. The van der Waals surface area contributed by atoms with Crippen LogP contribution in [0.1, 0.15) is 49.3 Å². The van der Waals surface area contributed by atoms with Crippen LogP contribution in [0.3, 0.4) is 0 Å². The first-order chi connectivity index (χ1) is 12.6. The van der Waals surface area contributed by atoms with E-state index in [2.05, 4.69) is 47.7 Å². The van der Waals surface area contributed by atoms with E-state index in [1.54, 1.807) is 0 Å². The fourth-order valence-corrected chi connectivity index (χ4v) is 6.47. The molecule has 1 amide bonds. The average Bonchev–Trinajstić information content (AvgIpc) is 3.36. The van der Waals surface area contributed by atoms with Gasteiger partial charge in [-0.05, 0) is 51.3 Å². The number of thiophene rings is 1. The number of rotatable bonds is 5. The van der Waals surface area contributed by atoms with E-state index in [9.17, 15) is 4.79 Å². The van der Waals surface area contributed by atoms with Crippen LogP contribution in [-0.2, 0) is 17.8 Å². The number of carbonyl (C=O) groups excluding carboxylic acids is 1. The number of likely N-dealkylation sites (N-methyl/N-ethyl adjacent to an activating group) is 1. The van der Waals surface area contributed by atoms with Crippen molar-refractivity contribution in [3.8, 4) is 0 Å². The molecule has 3 aliphatic heterocycles. The van der Waals surface area contributed by atoms with Crippen molar-refractivity contribution in [2.45, 2.75) is 64.6 Å². The minimum absolute atomic E-state index is 0.135. The van der Waals surface area contributed by atoms with Gasteiger partial charge in [0.05, 0.1) is 5.41 Å². The second kappa shape index (κ2) is 7.25. The summed E-state index contributed by atoms with van der Waals surface area (Å²) in [5, 5.41) is 0. The van der Waals surface area contributed by atoms with E-state index in [0.29, 0.717) is 18.0 Å². The molecule has 0 N–H and O–H groups in total. The van der Waals surface area contributed by atoms with Crippen molar-refractivity contribution < 1.29 is 4.79 Å². The summed E-state index contributed by atoms with van der Waals surface area (Å²) in [5.74, 6) is 0.450. The zero-order valence-electron chi connectivity index (χ0n) is 16.5. The van der Waals surface area contributed by atoms with Gasteiger partial charge in [0.1, 0.15) is 0 Å². The fourth-order valence-electron chi connectivity index (χ4n) is 5.51. The molecular formula is C21H33N3OS. The van der Waals surface area contributed by atoms with Gasteiger partial charge in [0.25, 0.3) is 0 Å². The summed E-state index contributed by atoms with van der Waals surface area (Å²) >= 11 is 1.95. The van der Waals surface area contributed by atoms with Crippen LogP contribution in [0.2, 0.25) is 0 Å². The van der Waals surface area contributed by atoms with Gasteiger partial charge < -0.3 is 9.80 Å². The largest absolute Gasteiger partial charge is 0.340 e. The average molecular weight is 376 g/mol. The van der Waals surface area contributed by atoms with Crippen molar-refractivity contribution in [3.63, 3.8) is 0 Å². The molecule has 0 spiro atoms. The number of amides is 1. The SMILES string of the molecule is CCc1ccc(CN2[C@H]3CC[C@@H]2[C@](CC)(C(=O)N2CCN(C)CC2)C3)s1. The Hall–Kier alpha value is -0.910. The van der Waals surface area contributed by atoms with Gasteiger partial charge in [-0.2, -0.15) is 0 Å². The van der Waals surface area contributed by atoms with Crippen molar-refractivity contribution in [2.75, 3.05) is 33.2 Å². The Labute approximate surface area is 162 Å². The molecule has 144 valence electrons. The molecule has 0 aromatic carbocycles. The Bertz CT molecular complexity index is 651. The van der Waals surface area contributed by atoms with Crippen LogP contribution in [0.5, 0.6) is 0 Å². The van der Waals surface area contributed by atoms with Gasteiger partial charge >= 0.3 is 0 Å². The Morgan fingerprint density at radius 3 is 2.54 bits per heavy atom. The summed E-state index contributed by atoms with van der Waals surface area (Å²) in [7, 11) is 2.16. The maximum Gasteiger partial charge on any atom is 0.230 e. The van der Waals surface area contributed by atoms with Crippen LogP contribution in [0.15, 0.2) is 12.1 Å². The predicted octanol–water partition coefficient (Wildman–Crippen LogP) is 3.22. The molecule has 1 aromatic heterocycles. The van der Waals surface area contributed by atoms with Gasteiger partial charge in [-0.25, -0.2) is 0 Å². The minimum Gasteiger partial charge on any atom is -0.340 e. The molecule has 0 saturated carbocycles. The molecule has 26 heavy (non-hydrogen) atoms. The lowest BCUT2D eigenvalue weighted by atomic mass is 9.70. The quantitative estimate of drug-likeness (QED) is 0.791. The number of carbonyl (C=O) groups is 1. The highest BCUT2D eigenvalue weighted by molar-refractivity contribution is 7.11. The molecule has 3 saturated heterocycles. The smallest absolute Gasteiger partial charge is 0.230 e. The third-order valence-corrected chi connectivity index (χ3v) is 8.35. The molecule has 4 heterocycles. The predicted molar refractivity (Wildman–Crippen MR) is 107 cm³/mol. The van der Waals surface area contributed by atoms with Gasteiger partial charge in [0.2, 0.25) is 5.91 Å². The van der Waals surface area contributed by atoms with E-state index >= 15 is 0 Å². The number of fused-ring (bicyclic) bond motifs is 2. The van der Waals surface area contributed by atoms with Gasteiger partial charge in [0.15, 0.2) is 0 Å². The number of aryl methyl sites for hydroxylation is 1. The van der Waals surface area contributed by atoms with Gasteiger partial charge in [-0.3, -0.25) is 9.69 Å². The molecular weight excluding hydrogens is 342 g/mol. The molecule has 1 aromatic rings. The monoisotopic (exact) mass is 375 g/mol. The lowest BCUT2D eigenvalue weighted by Crippen LogP contribution is -2.55. The summed E-state index contributed by atoms with van der Waals surface area (Å²) in [4.78, 5) is 23.7. The Morgan fingerprint density at radius 1 is 1.15 bits per heavy atom. The summed E-state index contributed by atoms with van der Waals surface area (Å²) < 4.78 is 0. The second-order valence-corrected chi connectivity index (χ2v) is 9.70. The minimum atomic E-state index is -0.135. The van der Waals surface area contributed by atoms with E-state index in [0.717, 1.165) is 52.0 Å². The standard InChI is InChI=1S/C21H33N3OS/c1-4-17-7-8-18(26-17)15-24-16-6-9-19(24)21(5-2,14-16)20(25)23-12-10-22(3)11-13-23/h7-8,16,19H,4-6,9-15H2,1-3H3/t16-,19+,21+/m0/s1. The van der Waals surface area contributed by atoms with Crippen molar-refractivity contribution in [1.82, 2.24) is 14.7 Å². The molecule has 4 rings (SSSR count). The third-order valence-electron chi connectivity index (χ3n) is 7.13. The van der Waals surface area contributed by atoms with Crippen molar-refractivity contribution >= 4 is 17.2 Å². The van der Waals surface area contributed by atoms with E-state index in [-0.39, 0.29) is 5.41 Å². The highest BCUT2D eigenvalue weighted by Gasteiger charge is 2.59. The van der Waals surface area contributed by atoms with Crippen LogP contribution >= 0.6 is 11.3 Å². The van der Waals surface area contributed by atoms with E-state index in [1.165, 1.54) is 22.6 Å². The van der Waals surface area contributed by atoms with Crippen molar-refractivity contribution in [3.05, 3.63) is 21.9 Å². The summed E-state index contributed by atoms with van der Waals surface area (Å²) in [6.07, 6.45) is 5.66. The molecule has 3 atom stereocenters.